The zero-order valence-electron chi connectivity index (χ0n) is 14.4. The van der Waals surface area contributed by atoms with Crippen LogP contribution in [0.3, 0.4) is 0 Å². The lowest BCUT2D eigenvalue weighted by molar-refractivity contribution is -0.132. The summed E-state index contributed by atoms with van der Waals surface area (Å²) >= 11 is 0. The number of aromatic nitrogens is 4. The zero-order chi connectivity index (χ0) is 18.1. The van der Waals surface area contributed by atoms with Gasteiger partial charge in [-0.25, -0.2) is 14.8 Å². The van der Waals surface area contributed by atoms with Gasteiger partial charge in [0.1, 0.15) is 17.6 Å². The number of imidazole rings is 1. The molecule has 0 spiro atoms. The number of hydrogen-bond donors (Lipinski definition) is 1. The van der Waals surface area contributed by atoms with E-state index in [9.17, 15) is 9.59 Å². The van der Waals surface area contributed by atoms with Crippen LogP contribution in [0.25, 0.3) is 11.2 Å². The van der Waals surface area contributed by atoms with Crippen molar-refractivity contribution < 1.29 is 9.53 Å². The number of rotatable bonds is 4. The minimum Gasteiger partial charge on any atom is -0.484 e. The van der Waals surface area contributed by atoms with E-state index in [0.717, 1.165) is 5.56 Å². The van der Waals surface area contributed by atoms with Gasteiger partial charge in [0.05, 0.1) is 12.2 Å². The number of nitrogens with zero attached hydrogens (tertiary/aromatic N) is 4. The lowest BCUT2D eigenvalue weighted by atomic mass is 10.2. The van der Waals surface area contributed by atoms with E-state index in [1.54, 1.807) is 15.7 Å². The lowest BCUT2D eigenvalue weighted by Gasteiger charge is -2.17. The summed E-state index contributed by atoms with van der Waals surface area (Å²) in [5.74, 6) is 0.593. The van der Waals surface area contributed by atoms with Crippen LogP contribution >= 0.6 is 0 Å². The minimum absolute atomic E-state index is 0.0128. The zero-order valence-corrected chi connectivity index (χ0v) is 14.4. The van der Waals surface area contributed by atoms with E-state index < -0.39 is 0 Å². The summed E-state index contributed by atoms with van der Waals surface area (Å²) in [6, 6.07) is 7.49. The Morgan fingerprint density at radius 3 is 3.15 bits per heavy atom. The fourth-order valence-electron chi connectivity index (χ4n) is 3.33. The number of amides is 1. The third kappa shape index (κ3) is 3.05. The van der Waals surface area contributed by atoms with Gasteiger partial charge in [0, 0.05) is 13.1 Å². The van der Waals surface area contributed by atoms with Crippen molar-refractivity contribution in [2.45, 2.75) is 19.4 Å². The first-order chi connectivity index (χ1) is 12.6. The van der Waals surface area contributed by atoms with Crippen LogP contribution in [-0.2, 0) is 4.79 Å². The number of carbonyl (C=O) groups is 1. The van der Waals surface area contributed by atoms with Crippen molar-refractivity contribution in [2.24, 2.45) is 0 Å². The predicted octanol–water partition coefficient (Wildman–Crippen LogP) is 1.28. The SMILES string of the molecule is Cc1cccc(OCC(=O)N2CC[C@H](n3c(=O)[nH]c4cncnc43)C2)c1. The number of hydrogen-bond acceptors (Lipinski definition) is 5. The van der Waals surface area contributed by atoms with Gasteiger partial charge in [0.15, 0.2) is 12.3 Å². The number of aryl methyl sites for hydroxylation is 1. The van der Waals surface area contributed by atoms with Crippen molar-refractivity contribution in [1.82, 2.24) is 24.4 Å². The number of likely N-dealkylation sites (tertiary alicyclic amines) is 1. The normalized spacial score (nSPS) is 17.0. The Morgan fingerprint density at radius 1 is 1.42 bits per heavy atom. The molecule has 3 aromatic rings. The summed E-state index contributed by atoms with van der Waals surface area (Å²) in [6.45, 7) is 3.01. The Labute approximate surface area is 149 Å². The molecule has 0 saturated carbocycles. The molecule has 8 heteroatoms. The van der Waals surface area contributed by atoms with Gasteiger partial charge in [0.25, 0.3) is 5.91 Å². The van der Waals surface area contributed by atoms with Gasteiger partial charge < -0.3 is 14.6 Å². The van der Waals surface area contributed by atoms with Crippen LogP contribution in [0.2, 0.25) is 0 Å². The number of ether oxygens (including phenoxy) is 1. The topological polar surface area (TPSA) is 93.1 Å². The summed E-state index contributed by atoms with van der Waals surface area (Å²) in [5, 5.41) is 0. The maximum Gasteiger partial charge on any atom is 0.328 e. The van der Waals surface area contributed by atoms with E-state index in [2.05, 4.69) is 15.0 Å². The van der Waals surface area contributed by atoms with Gasteiger partial charge in [-0.05, 0) is 31.0 Å². The van der Waals surface area contributed by atoms with Gasteiger partial charge in [-0.2, -0.15) is 0 Å². The lowest BCUT2D eigenvalue weighted by Crippen LogP contribution is -2.34. The Hall–Kier alpha value is -3.16. The van der Waals surface area contributed by atoms with Gasteiger partial charge >= 0.3 is 5.69 Å². The number of carbonyl (C=O) groups excluding carboxylic acids is 1. The molecule has 1 amide bonds. The highest BCUT2D eigenvalue weighted by molar-refractivity contribution is 5.78. The average Bonchev–Trinajstić information content (AvgIpc) is 3.23. The summed E-state index contributed by atoms with van der Waals surface area (Å²) in [7, 11) is 0. The van der Waals surface area contributed by atoms with Gasteiger partial charge in [-0.1, -0.05) is 12.1 Å². The number of fused-ring (bicyclic) bond motifs is 1. The molecule has 1 fully saturated rings. The summed E-state index contributed by atoms with van der Waals surface area (Å²) < 4.78 is 7.21. The van der Waals surface area contributed by atoms with Crippen molar-refractivity contribution >= 4 is 17.1 Å². The second kappa shape index (κ2) is 6.62. The van der Waals surface area contributed by atoms with Crippen LogP contribution in [-0.4, -0.2) is 50.0 Å². The highest BCUT2D eigenvalue weighted by Crippen LogP contribution is 2.23. The van der Waals surface area contributed by atoms with E-state index in [4.69, 9.17) is 4.74 Å². The molecule has 26 heavy (non-hydrogen) atoms. The van der Waals surface area contributed by atoms with Gasteiger partial charge in [-0.3, -0.25) is 9.36 Å². The second-order valence-electron chi connectivity index (χ2n) is 6.45. The summed E-state index contributed by atoms with van der Waals surface area (Å²) in [4.78, 5) is 37.3. The van der Waals surface area contributed by atoms with Crippen LogP contribution in [0, 0.1) is 6.92 Å². The standard InChI is InChI=1S/C18H19N5O3/c1-12-3-2-4-14(7-12)26-10-16(24)22-6-5-13(9-22)23-17-15(21-18(23)25)8-19-11-20-17/h2-4,7-8,11,13H,5-6,9-10H2,1H3,(H,21,25)/t13-/m0/s1. The highest BCUT2D eigenvalue weighted by atomic mass is 16.5. The molecule has 2 aromatic heterocycles. The number of aromatic amines is 1. The summed E-state index contributed by atoms with van der Waals surface area (Å²) in [6.07, 6.45) is 3.69. The molecule has 134 valence electrons. The number of nitrogens with one attached hydrogen (secondary N) is 1. The predicted molar refractivity (Wildman–Crippen MR) is 95.1 cm³/mol. The molecule has 0 bridgehead atoms. The molecule has 1 atom stereocenters. The van der Waals surface area contributed by atoms with Crippen molar-refractivity contribution in [3.63, 3.8) is 0 Å². The number of H-pyrrole nitrogens is 1. The molecule has 1 aliphatic heterocycles. The van der Waals surface area contributed by atoms with Crippen molar-refractivity contribution in [1.29, 1.82) is 0 Å². The third-order valence-corrected chi connectivity index (χ3v) is 4.61. The molecule has 0 unspecified atom stereocenters. The molecular weight excluding hydrogens is 334 g/mol. The van der Waals surface area contributed by atoms with Crippen molar-refractivity contribution in [2.75, 3.05) is 19.7 Å². The first kappa shape index (κ1) is 16.3. The number of benzene rings is 1. The molecule has 1 N–H and O–H groups in total. The molecule has 0 aliphatic carbocycles. The molecule has 0 radical (unpaired) electrons. The monoisotopic (exact) mass is 353 g/mol. The average molecular weight is 353 g/mol. The largest absolute Gasteiger partial charge is 0.484 e. The maximum atomic E-state index is 12.4. The van der Waals surface area contributed by atoms with Crippen molar-refractivity contribution in [3.8, 4) is 5.75 Å². The maximum absolute atomic E-state index is 12.4. The van der Waals surface area contributed by atoms with Gasteiger partial charge in [-0.15, -0.1) is 0 Å². The van der Waals surface area contributed by atoms with E-state index >= 15 is 0 Å². The summed E-state index contributed by atoms with van der Waals surface area (Å²) in [5.41, 5.74) is 2.03. The first-order valence-corrected chi connectivity index (χ1v) is 8.49. The highest BCUT2D eigenvalue weighted by Gasteiger charge is 2.30. The molecule has 1 saturated heterocycles. The Morgan fingerprint density at radius 2 is 2.31 bits per heavy atom. The van der Waals surface area contributed by atoms with Crippen LogP contribution < -0.4 is 10.4 Å². The molecule has 3 heterocycles. The fourth-order valence-corrected chi connectivity index (χ4v) is 3.33. The van der Waals surface area contributed by atoms with Gasteiger partial charge in [0.2, 0.25) is 0 Å². The molecule has 4 rings (SSSR count). The fraction of sp³-hybridized carbons (Fsp3) is 0.333. The third-order valence-electron chi connectivity index (χ3n) is 4.61. The smallest absolute Gasteiger partial charge is 0.328 e. The molecule has 8 nitrogen and oxygen atoms in total. The molecular formula is C18H19N5O3. The van der Waals surface area contributed by atoms with E-state index in [-0.39, 0.29) is 24.2 Å². The Balaban J connectivity index is 1.44. The minimum atomic E-state index is -0.226. The van der Waals surface area contributed by atoms with Crippen LogP contribution in [0.5, 0.6) is 5.75 Å². The van der Waals surface area contributed by atoms with Crippen LogP contribution in [0.1, 0.15) is 18.0 Å². The van der Waals surface area contributed by atoms with E-state index in [1.165, 1.54) is 6.33 Å². The van der Waals surface area contributed by atoms with Crippen molar-refractivity contribution in [3.05, 3.63) is 52.8 Å². The quantitative estimate of drug-likeness (QED) is 0.763. The Bertz CT molecular complexity index is 1010. The van der Waals surface area contributed by atoms with Crippen LogP contribution in [0.15, 0.2) is 41.6 Å². The second-order valence-corrected chi connectivity index (χ2v) is 6.45. The molecule has 1 aromatic carbocycles. The first-order valence-electron chi connectivity index (χ1n) is 8.49. The van der Waals surface area contributed by atoms with E-state index in [1.807, 2.05) is 31.2 Å². The Kier molecular flexibility index (Phi) is 4.16. The molecule has 1 aliphatic rings. The van der Waals surface area contributed by atoms with Crippen LogP contribution in [0.4, 0.5) is 0 Å². The van der Waals surface area contributed by atoms with E-state index in [0.29, 0.717) is 36.4 Å².